The minimum absolute atomic E-state index is 0.102. The Morgan fingerprint density at radius 3 is 2.44 bits per heavy atom. The van der Waals surface area contributed by atoms with Gasteiger partial charge in [-0.25, -0.2) is 4.99 Å². The zero-order valence-corrected chi connectivity index (χ0v) is 17.0. The molecule has 0 fully saturated rings. The van der Waals surface area contributed by atoms with E-state index in [1.54, 1.807) is 0 Å². The molecule has 6 nitrogen and oxygen atoms in total. The van der Waals surface area contributed by atoms with Crippen LogP contribution >= 0.6 is 0 Å². The molecule has 0 aliphatic carbocycles. The Morgan fingerprint density at radius 1 is 1.19 bits per heavy atom. The van der Waals surface area contributed by atoms with E-state index in [0.717, 1.165) is 30.0 Å². The van der Waals surface area contributed by atoms with Gasteiger partial charge in [-0.1, -0.05) is 57.1 Å². The van der Waals surface area contributed by atoms with Crippen molar-refractivity contribution < 1.29 is 9.63 Å². The Bertz CT molecular complexity index is 729. The summed E-state index contributed by atoms with van der Waals surface area (Å²) in [5.74, 6) is 1.36. The number of aliphatic hydroxyl groups is 1. The molecule has 6 heteroatoms. The molecule has 3 N–H and O–H groups in total. The van der Waals surface area contributed by atoms with Gasteiger partial charge in [0, 0.05) is 19.2 Å². The van der Waals surface area contributed by atoms with Gasteiger partial charge >= 0.3 is 0 Å². The van der Waals surface area contributed by atoms with E-state index in [1.165, 1.54) is 5.56 Å². The van der Waals surface area contributed by atoms with Crippen LogP contribution in [-0.2, 0) is 18.4 Å². The van der Waals surface area contributed by atoms with Gasteiger partial charge in [0.05, 0.1) is 11.8 Å². The molecule has 2 rings (SSSR count). The Kier molecular flexibility index (Phi) is 7.42. The van der Waals surface area contributed by atoms with Gasteiger partial charge in [-0.15, -0.1) is 0 Å². The van der Waals surface area contributed by atoms with Crippen LogP contribution in [0.25, 0.3) is 0 Å². The molecule has 0 aliphatic rings. The molecule has 0 spiro atoms. The van der Waals surface area contributed by atoms with E-state index in [1.807, 2.05) is 32.0 Å². The van der Waals surface area contributed by atoms with E-state index < -0.39 is 6.10 Å². The quantitative estimate of drug-likeness (QED) is 0.513. The predicted octanol–water partition coefficient (Wildman–Crippen LogP) is 3.32. The normalized spacial score (nSPS) is 13.5. The first-order chi connectivity index (χ1) is 12.8. The summed E-state index contributed by atoms with van der Waals surface area (Å²) in [5.41, 5.74) is 3.16. The summed E-state index contributed by atoms with van der Waals surface area (Å²) in [6, 6.07) is 10.0. The number of nitrogens with zero attached hydrogens (tertiary/aromatic N) is 2. The Balaban J connectivity index is 1.94. The van der Waals surface area contributed by atoms with Crippen molar-refractivity contribution in [2.75, 3.05) is 13.1 Å². The van der Waals surface area contributed by atoms with Gasteiger partial charge in [0.25, 0.3) is 0 Å². The molecular formula is C21H32N4O2. The molecule has 1 aromatic carbocycles. The van der Waals surface area contributed by atoms with Gasteiger partial charge in [0.2, 0.25) is 0 Å². The van der Waals surface area contributed by atoms with Crippen LogP contribution in [0.15, 0.2) is 39.8 Å². The van der Waals surface area contributed by atoms with Crippen LogP contribution in [0.4, 0.5) is 0 Å². The zero-order chi connectivity index (χ0) is 19.9. The average Bonchev–Trinajstić information content (AvgIpc) is 3.11. The van der Waals surface area contributed by atoms with Gasteiger partial charge in [0.1, 0.15) is 6.54 Å². The fraction of sp³-hybridized carbons (Fsp3) is 0.524. The predicted molar refractivity (Wildman–Crippen MR) is 109 cm³/mol. The monoisotopic (exact) mass is 372 g/mol. The lowest BCUT2D eigenvalue weighted by atomic mass is 9.86. The van der Waals surface area contributed by atoms with Crippen LogP contribution in [0.5, 0.6) is 0 Å². The van der Waals surface area contributed by atoms with Gasteiger partial charge < -0.3 is 20.3 Å². The number of aryl methyl sites for hydroxylation is 1. The average molecular weight is 373 g/mol. The molecule has 1 aromatic heterocycles. The Hall–Kier alpha value is -2.34. The summed E-state index contributed by atoms with van der Waals surface area (Å²) in [7, 11) is 0. The van der Waals surface area contributed by atoms with E-state index in [2.05, 4.69) is 53.7 Å². The number of rotatable bonds is 7. The molecule has 0 saturated heterocycles. The second-order valence-corrected chi connectivity index (χ2v) is 7.60. The van der Waals surface area contributed by atoms with Crippen LogP contribution in [-0.4, -0.2) is 29.3 Å². The van der Waals surface area contributed by atoms with Crippen molar-refractivity contribution in [3.63, 3.8) is 0 Å². The summed E-state index contributed by atoms with van der Waals surface area (Å²) in [6.45, 7) is 12.1. The molecule has 0 saturated carbocycles. The molecule has 0 aliphatic heterocycles. The minimum Gasteiger partial charge on any atom is -0.387 e. The molecule has 1 unspecified atom stereocenters. The molecule has 1 heterocycles. The van der Waals surface area contributed by atoms with Crippen molar-refractivity contribution in [2.24, 2.45) is 4.99 Å². The van der Waals surface area contributed by atoms with Crippen LogP contribution in [0, 0.1) is 0 Å². The number of hydrogen-bond donors (Lipinski definition) is 3. The number of benzene rings is 1. The highest BCUT2D eigenvalue weighted by atomic mass is 16.5. The Morgan fingerprint density at radius 2 is 1.89 bits per heavy atom. The topological polar surface area (TPSA) is 82.7 Å². The van der Waals surface area contributed by atoms with Crippen molar-refractivity contribution >= 4 is 5.96 Å². The molecule has 2 aromatic rings. The fourth-order valence-corrected chi connectivity index (χ4v) is 2.61. The zero-order valence-electron chi connectivity index (χ0n) is 17.0. The third-order valence-corrected chi connectivity index (χ3v) is 4.33. The van der Waals surface area contributed by atoms with E-state index >= 15 is 0 Å². The molecule has 0 bridgehead atoms. The van der Waals surface area contributed by atoms with E-state index in [9.17, 15) is 5.11 Å². The number of aliphatic imine (C=N–C) groups is 1. The number of nitrogens with one attached hydrogen (secondary N) is 2. The maximum absolute atomic E-state index is 10.5. The van der Waals surface area contributed by atoms with E-state index in [0.29, 0.717) is 19.0 Å². The lowest BCUT2D eigenvalue weighted by molar-refractivity contribution is 0.181. The van der Waals surface area contributed by atoms with Crippen molar-refractivity contribution in [1.29, 1.82) is 0 Å². The maximum Gasteiger partial charge on any atom is 0.191 e. The van der Waals surface area contributed by atoms with Crippen LogP contribution in [0.3, 0.4) is 0 Å². The Labute approximate surface area is 162 Å². The van der Waals surface area contributed by atoms with Crippen molar-refractivity contribution in [1.82, 2.24) is 15.8 Å². The summed E-state index contributed by atoms with van der Waals surface area (Å²) < 4.78 is 5.26. The van der Waals surface area contributed by atoms with E-state index in [-0.39, 0.29) is 5.41 Å². The molecule has 0 amide bonds. The third-order valence-electron chi connectivity index (χ3n) is 4.33. The highest BCUT2D eigenvalue weighted by Gasteiger charge is 2.15. The standard InChI is InChI=1S/C21H32N4O2/c1-6-17-12-18(27-25-17)13-23-20(22-7-2)24-14-19(26)15-8-10-16(11-9-15)21(3,4)5/h8-12,19,26H,6-7,13-14H2,1-5H3,(H2,22,23,24). The van der Waals surface area contributed by atoms with Crippen LogP contribution < -0.4 is 10.6 Å². The lowest BCUT2D eigenvalue weighted by Gasteiger charge is -2.20. The molecule has 0 radical (unpaired) electrons. The van der Waals surface area contributed by atoms with Crippen LogP contribution in [0.1, 0.15) is 63.3 Å². The largest absolute Gasteiger partial charge is 0.387 e. The van der Waals surface area contributed by atoms with Crippen molar-refractivity contribution in [3.05, 3.63) is 52.9 Å². The fourth-order valence-electron chi connectivity index (χ4n) is 2.61. The highest BCUT2D eigenvalue weighted by molar-refractivity contribution is 5.79. The number of aliphatic hydroxyl groups excluding tert-OH is 1. The summed E-state index contributed by atoms with van der Waals surface area (Å²) >= 11 is 0. The van der Waals surface area contributed by atoms with Gasteiger partial charge in [-0.3, -0.25) is 0 Å². The summed E-state index contributed by atoms with van der Waals surface area (Å²) in [5, 5.41) is 20.8. The second kappa shape index (κ2) is 9.55. The summed E-state index contributed by atoms with van der Waals surface area (Å²) in [6.07, 6.45) is 0.228. The first-order valence-corrected chi connectivity index (χ1v) is 9.58. The highest BCUT2D eigenvalue weighted by Crippen LogP contribution is 2.23. The van der Waals surface area contributed by atoms with Gasteiger partial charge in [0.15, 0.2) is 11.7 Å². The SMILES string of the molecule is CCNC(=NCc1cc(CC)no1)NCC(O)c1ccc(C(C)(C)C)cc1. The molecular weight excluding hydrogens is 340 g/mol. The van der Waals surface area contributed by atoms with Gasteiger partial charge in [-0.05, 0) is 29.9 Å². The third kappa shape index (κ3) is 6.40. The van der Waals surface area contributed by atoms with E-state index in [4.69, 9.17) is 4.52 Å². The first kappa shape index (κ1) is 21.0. The molecule has 148 valence electrons. The number of hydrogen-bond acceptors (Lipinski definition) is 4. The maximum atomic E-state index is 10.5. The minimum atomic E-state index is -0.611. The van der Waals surface area contributed by atoms with Crippen LogP contribution in [0.2, 0.25) is 0 Å². The first-order valence-electron chi connectivity index (χ1n) is 9.58. The van der Waals surface area contributed by atoms with Crippen molar-refractivity contribution in [3.8, 4) is 0 Å². The summed E-state index contributed by atoms with van der Waals surface area (Å²) in [4.78, 5) is 4.49. The number of aromatic nitrogens is 1. The molecule has 27 heavy (non-hydrogen) atoms. The number of guanidine groups is 1. The lowest BCUT2D eigenvalue weighted by Crippen LogP contribution is -2.39. The molecule has 1 atom stereocenters. The second-order valence-electron chi connectivity index (χ2n) is 7.60. The van der Waals surface area contributed by atoms with Crippen molar-refractivity contribution in [2.45, 2.75) is 59.1 Å². The smallest absolute Gasteiger partial charge is 0.191 e. The van der Waals surface area contributed by atoms with Gasteiger partial charge in [-0.2, -0.15) is 0 Å².